The first-order valence-corrected chi connectivity index (χ1v) is 5.36. The Morgan fingerprint density at radius 2 is 1.94 bits per heavy atom. The number of rotatable bonds is 4. The average Bonchev–Trinajstić information content (AvgIpc) is 2.37. The van der Waals surface area contributed by atoms with Crippen LogP contribution in [0.5, 0.6) is 0 Å². The monoisotopic (exact) mass is 249 g/mol. The summed E-state index contributed by atoms with van der Waals surface area (Å²) in [7, 11) is 1.26. The van der Waals surface area contributed by atoms with Gasteiger partial charge in [-0.15, -0.1) is 0 Å². The summed E-state index contributed by atoms with van der Waals surface area (Å²) >= 11 is 0. The Hall–Kier alpha value is -2.30. The number of allylic oxidation sites excluding steroid dienone is 1. The molecule has 1 aromatic rings. The molecule has 5 heteroatoms. The van der Waals surface area contributed by atoms with E-state index in [2.05, 4.69) is 10.1 Å². The lowest BCUT2D eigenvalue weighted by Crippen LogP contribution is -2.23. The second-order valence-electron chi connectivity index (χ2n) is 3.54. The number of ether oxygens (including phenoxy) is 2. The molecule has 0 atom stereocenters. The lowest BCUT2D eigenvalue weighted by molar-refractivity contribution is -0.134. The van der Waals surface area contributed by atoms with Gasteiger partial charge in [-0.05, 0) is 12.5 Å². The minimum Gasteiger partial charge on any atom is -0.466 e. The van der Waals surface area contributed by atoms with Crippen LogP contribution >= 0.6 is 0 Å². The Morgan fingerprint density at radius 1 is 1.28 bits per heavy atom. The van der Waals surface area contributed by atoms with Gasteiger partial charge in [-0.25, -0.2) is 9.59 Å². The summed E-state index contributed by atoms with van der Waals surface area (Å²) in [6, 6.07) is 9.31. The fourth-order valence-electron chi connectivity index (χ4n) is 1.19. The topological polar surface area (TPSA) is 64.6 Å². The van der Waals surface area contributed by atoms with Crippen LogP contribution in [-0.2, 0) is 20.9 Å². The molecule has 5 nitrogen and oxygen atoms in total. The van der Waals surface area contributed by atoms with E-state index in [1.807, 2.05) is 30.3 Å². The first-order chi connectivity index (χ1) is 8.61. The van der Waals surface area contributed by atoms with E-state index in [4.69, 9.17) is 4.74 Å². The van der Waals surface area contributed by atoms with Crippen molar-refractivity contribution in [1.82, 2.24) is 5.32 Å². The van der Waals surface area contributed by atoms with Crippen molar-refractivity contribution in [2.24, 2.45) is 0 Å². The Kier molecular flexibility index (Phi) is 5.44. The van der Waals surface area contributed by atoms with E-state index in [1.165, 1.54) is 13.2 Å². The smallest absolute Gasteiger partial charge is 0.411 e. The maximum absolute atomic E-state index is 11.4. The van der Waals surface area contributed by atoms with Gasteiger partial charge >= 0.3 is 12.1 Å². The summed E-state index contributed by atoms with van der Waals surface area (Å²) in [5.74, 6) is -0.532. The Labute approximate surface area is 105 Å². The summed E-state index contributed by atoms with van der Waals surface area (Å²) in [4.78, 5) is 22.3. The summed E-state index contributed by atoms with van der Waals surface area (Å²) in [6.45, 7) is 1.75. The van der Waals surface area contributed by atoms with Gasteiger partial charge in [-0.2, -0.15) is 0 Å². The van der Waals surface area contributed by atoms with Crippen molar-refractivity contribution < 1.29 is 19.1 Å². The second kappa shape index (κ2) is 7.11. The number of methoxy groups -OCH3 is 1. The molecule has 1 rings (SSSR count). The Balaban J connectivity index is 2.38. The predicted molar refractivity (Wildman–Crippen MR) is 65.5 cm³/mol. The first-order valence-electron chi connectivity index (χ1n) is 5.36. The first kappa shape index (κ1) is 13.8. The zero-order valence-electron chi connectivity index (χ0n) is 10.3. The van der Waals surface area contributed by atoms with Crippen molar-refractivity contribution in [2.45, 2.75) is 13.5 Å². The van der Waals surface area contributed by atoms with Crippen LogP contribution in [0.1, 0.15) is 12.5 Å². The lowest BCUT2D eigenvalue weighted by Gasteiger charge is -2.06. The van der Waals surface area contributed by atoms with E-state index in [1.54, 1.807) is 6.92 Å². The van der Waals surface area contributed by atoms with Crippen LogP contribution < -0.4 is 5.32 Å². The summed E-state index contributed by atoms with van der Waals surface area (Å²) in [6.07, 6.45) is 0.556. The molecule has 0 unspecified atom stereocenters. The fraction of sp³-hybridized carbons (Fsp3) is 0.231. The third-order valence-corrected chi connectivity index (χ3v) is 2.05. The van der Waals surface area contributed by atoms with Gasteiger partial charge in [0, 0.05) is 11.8 Å². The van der Waals surface area contributed by atoms with Gasteiger partial charge in [0.2, 0.25) is 0 Å². The minimum atomic E-state index is -0.614. The van der Waals surface area contributed by atoms with Gasteiger partial charge in [0.05, 0.1) is 7.11 Å². The zero-order valence-corrected chi connectivity index (χ0v) is 10.3. The van der Waals surface area contributed by atoms with Gasteiger partial charge in [0.15, 0.2) is 0 Å². The van der Waals surface area contributed by atoms with Crippen molar-refractivity contribution in [3.63, 3.8) is 0 Å². The highest BCUT2D eigenvalue weighted by Gasteiger charge is 2.04. The van der Waals surface area contributed by atoms with Crippen LogP contribution in [0.3, 0.4) is 0 Å². The average molecular weight is 249 g/mol. The summed E-state index contributed by atoms with van der Waals surface area (Å²) in [5, 5.41) is 2.41. The Bertz CT molecular complexity index is 440. The molecule has 0 saturated heterocycles. The molecule has 0 radical (unpaired) electrons. The quantitative estimate of drug-likeness (QED) is 0.654. The molecule has 0 aliphatic carbocycles. The maximum Gasteiger partial charge on any atom is 0.411 e. The van der Waals surface area contributed by atoms with Gasteiger partial charge in [-0.1, -0.05) is 30.3 Å². The predicted octanol–water partition coefficient (Wildman–Crippen LogP) is 1.99. The van der Waals surface area contributed by atoms with Crippen LogP contribution in [0.15, 0.2) is 42.1 Å². The number of amides is 1. The Morgan fingerprint density at radius 3 is 2.56 bits per heavy atom. The normalized spacial score (nSPS) is 10.7. The summed E-state index contributed by atoms with van der Waals surface area (Å²) < 4.78 is 9.40. The molecule has 0 aliphatic rings. The molecule has 0 saturated carbocycles. The summed E-state index contributed by atoms with van der Waals surface area (Å²) in [5.41, 5.74) is 1.25. The van der Waals surface area contributed by atoms with Gasteiger partial charge < -0.3 is 9.47 Å². The number of hydrogen-bond acceptors (Lipinski definition) is 4. The van der Waals surface area contributed by atoms with E-state index < -0.39 is 12.1 Å². The molecular formula is C13H15NO4. The maximum atomic E-state index is 11.4. The SMILES string of the molecule is COC(=O)/C=C(/C)NC(=O)OCc1ccccc1. The zero-order chi connectivity index (χ0) is 13.4. The van der Waals surface area contributed by atoms with Crippen LogP contribution in [-0.4, -0.2) is 19.2 Å². The number of esters is 1. The largest absolute Gasteiger partial charge is 0.466 e. The van der Waals surface area contributed by atoms with Crippen molar-refractivity contribution in [3.05, 3.63) is 47.7 Å². The van der Waals surface area contributed by atoms with Crippen molar-refractivity contribution in [3.8, 4) is 0 Å². The molecule has 1 aromatic carbocycles. The molecule has 1 N–H and O–H groups in total. The highest BCUT2D eigenvalue weighted by atomic mass is 16.5. The van der Waals surface area contributed by atoms with Crippen molar-refractivity contribution >= 4 is 12.1 Å². The van der Waals surface area contributed by atoms with E-state index in [0.29, 0.717) is 5.70 Å². The molecule has 0 aliphatic heterocycles. The van der Waals surface area contributed by atoms with E-state index in [0.717, 1.165) is 5.56 Å². The molecule has 0 fully saturated rings. The number of benzene rings is 1. The molecule has 0 bridgehead atoms. The fourth-order valence-corrected chi connectivity index (χ4v) is 1.19. The van der Waals surface area contributed by atoms with Crippen LogP contribution in [0.25, 0.3) is 0 Å². The van der Waals surface area contributed by atoms with E-state index >= 15 is 0 Å². The minimum absolute atomic E-state index is 0.179. The number of alkyl carbamates (subject to hydrolysis) is 1. The van der Waals surface area contributed by atoms with Gasteiger partial charge in [0.1, 0.15) is 6.61 Å². The lowest BCUT2D eigenvalue weighted by atomic mass is 10.2. The molecule has 0 spiro atoms. The molecule has 18 heavy (non-hydrogen) atoms. The van der Waals surface area contributed by atoms with Crippen LogP contribution in [0.2, 0.25) is 0 Å². The van der Waals surface area contributed by atoms with Crippen molar-refractivity contribution in [1.29, 1.82) is 0 Å². The molecule has 0 aromatic heterocycles. The van der Waals surface area contributed by atoms with Crippen LogP contribution in [0, 0.1) is 0 Å². The van der Waals surface area contributed by atoms with E-state index in [-0.39, 0.29) is 6.61 Å². The number of carbonyl (C=O) groups is 2. The number of hydrogen-bond donors (Lipinski definition) is 1. The highest BCUT2D eigenvalue weighted by molar-refractivity contribution is 5.83. The molecule has 96 valence electrons. The number of nitrogens with one attached hydrogen (secondary N) is 1. The molecular weight excluding hydrogens is 234 g/mol. The van der Waals surface area contributed by atoms with E-state index in [9.17, 15) is 9.59 Å². The standard InChI is InChI=1S/C13H15NO4/c1-10(8-12(15)17-2)14-13(16)18-9-11-6-4-3-5-7-11/h3-8H,9H2,1-2H3,(H,14,16)/b10-8-. The third kappa shape index (κ3) is 5.16. The van der Waals surface area contributed by atoms with Crippen LogP contribution in [0.4, 0.5) is 4.79 Å². The number of carbonyl (C=O) groups excluding carboxylic acids is 2. The molecule has 0 heterocycles. The van der Waals surface area contributed by atoms with Gasteiger partial charge in [-0.3, -0.25) is 5.32 Å². The third-order valence-electron chi connectivity index (χ3n) is 2.05. The second-order valence-corrected chi connectivity index (χ2v) is 3.54. The molecule has 1 amide bonds. The highest BCUT2D eigenvalue weighted by Crippen LogP contribution is 2.01. The van der Waals surface area contributed by atoms with Gasteiger partial charge in [0.25, 0.3) is 0 Å². The van der Waals surface area contributed by atoms with Crippen molar-refractivity contribution in [2.75, 3.05) is 7.11 Å².